The third-order valence-corrected chi connectivity index (χ3v) is 3.20. The van der Waals surface area contributed by atoms with E-state index in [2.05, 4.69) is 18.0 Å². The largest absolute Gasteiger partial charge is 0.495 e. The van der Waals surface area contributed by atoms with Crippen LogP contribution in [0.1, 0.15) is 30.9 Å². The standard InChI is InChI=1S/C15H16N2O2/c1-3-4-5-10-8-14(18)17-15-11(10)6-7-13(19-2)12(15)9-16/h6-8H,3-5H2,1-2H3,(H,17,18). The molecule has 0 fully saturated rings. The molecule has 0 aliphatic heterocycles. The molecule has 4 nitrogen and oxygen atoms in total. The van der Waals surface area contributed by atoms with Gasteiger partial charge in [0.2, 0.25) is 5.56 Å². The van der Waals surface area contributed by atoms with Crippen LogP contribution in [0.5, 0.6) is 5.75 Å². The number of nitriles is 1. The number of ether oxygens (including phenoxy) is 1. The number of hydrogen-bond donors (Lipinski definition) is 1. The normalized spacial score (nSPS) is 10.4. The van der Waals surface area contributed by atoms with E-state index < -0.39 is 0 Å². The number of fused-ring (bicyclic) bond motifs is 1. The van der Waals surface area contributed by atoms with Crippen LogP contribution in [-0.2, 0) is 6.42 Å². The lowest BCUT2D eigenvalue weighted by Gasteiger charge is -2.09. The summed E-state index contributed by atoms with van der Waals surface area (Å²) in [6, 6.07) is 7.39. The number of methoxy groups -OCH3 is 1. The summed E-state index contributed by atoms with van der Waals surface area (Å²) in [6.07, 6.45) is 2.93. The van der Waals surface area contributed by atoms with Crippen LogP contribution >= 0.6 is 0 Å². The molecule has 0 saturated carbocycles. The van der Waals surface area contributed by atoms with Gasteiger partial charge in [-0.1, -0.05) is 13.3 Å². The van der Waals surface area contributed by atoms with Gasteiger partial charge in [-0.25, -0.2) is 0 Å². The minimum atomic E-state index is -0.177. The average Bonchev–Trinajstić information content (AvgIpc) is 2.43. The van der Waals surface area contributed by atoms with Crippen molar-refractivity contribution in [1.82, 2.24) is 4.98 Å². The number of unbranched alkanes of at least 4 members (excludes halogenated alkanes) is 1. The van der Waals surface area contributed by atoms with Crippen LogP contribution in [0, 0.1) is 11.3 Å². The van der Waals surface area contributed by atoms with Crippen LogP contribution in [0.2, 0.25) is 0 Å². The number of pyridine rings is 1. The van der Waals surface area contributed by atoms with Gasteiger partial charge in [-0.2, -0.15) is 5.26 Å². The monoisotopic (exact) mass is 256 g/mol. The molecule has 1 aromatic carbocycles. The Kier molecular flexibility index (Phi) is 3.86. The Morgan fingerprint density at radius 1 is 1.42 bits per heavy atom. The van der Waals surface area contributed by atoms with Crippen LogP contribution in [0.4, 0.5) is 0 Å². The highest BCUT2D eigenvalue weighted by Crippen LogP contribution is 2.27. The Morgan fingerprint density at radius 2 is 2.21 bits per heavy atom. The Bertz CT molecular complexity index is 696. The predicted octanol–water partition coefficient (Wildman–Crippen LogP) is 2.75. The summed E-state index contributed by atoms with van der Waals surface area (Å²) >= 11 is 0. The van der Waals surface area contributed by atoms with Gasteiger partial charge < -0.3 is 9.72 Å². The van der Waals surface area contributed by atoms with Crippen molar-refractivity contribution >= 4 is 10.9 Å². The third-order valence-electron chi connectivity index (χ3n) is 3.20. The van der Waals surface area contributed by atoms with E-state index in [0.717, 1.165) is 30.2 Å². The van der Waals surface area contributed by atoms with Gasteiger partial charge in [-0.3, -0.25) is 4.79 Å². The Morgan fingerprint density at radius 3 is 2.84 bits per heavy atom. The molecule has 0 aliphatic carbocycles. The van der Waals surface area contributed by atoms with Gasteiger partial charge >= 0.3 is 0 Å². The second-order valence-corrected chi connectivity index (χ2v) is 4.44. The average molecular weight is 256 g/mol. The Labute approximate surface area is 111 Å². The van der Waals surface area contributed by atoms with Gasteiger partial charge in [0, 0.05) is 11.5 Å². The topological polar surface area (TPSA) is 65.9 Å². The first-order valence-corrected chi connectivity index (χ1v) is 6.34. The van der Waals surface area contributed by atoms with Crippen molar-refractivity contribution in [2.75, 3.05) is 7.11 Å². The van der Waals surface area contributed by atoms with Crippen molar-refractivity contribution in [3.63, 3.8) is 0 Å². The second-order valence-electron chi connectivity index (χ2n) is 4.44. The van der Waals surface area contributed by atoms with E-state index in [0.29, 0.717) is 16.8 Å². The maximum atomic E-state index is 11.7. The number of aromatic nitrogens is 1. The van der Waals surface area contributed by atoms with Gasteiger partial charge in [-0.05, 0) is 30.5 Å². The van der Waals surface area contributed by atoms with Crippen molar-refractivity contribution in [3.05, 3.63) is 39.7 Å². The molecule has 0 amide bonds. The molecule has 4 heteroatoms. The van der Waals surface area contributed by atoms with Crippen molar-refractivity contribution in [3.8, 4) is 11.8 Å². The number of aromatic amines is 1. The van der Waals surface area contributed by atoms with E-state index in [1.165, 1.54) is 7.11 Å². The lowest BCUT2D eigenvalue weighted by atomic mass is 10.0. The van der Waals surface area contributed by atoms with E-state index in [9.17, 15) is 10.1 Å². The number of H-pyrrole nitrogens is 1. The van der Waals surface area contributed by atoms with E-state index in [-0.39, 0.29) is 5.56 Å². The van der Waals surface area contributed by atoms with Crippen molar-refractivity contribution < 1.29 is 4.74 Å². The van der Waals surface area contributed by atoms with Crippen molar-refractivity contribution in [1.29, 1.82) is 5.26 Å². The number of nitrogens with one attached hydrogen (secondary N) is 1. The molecule has 98 valence electrons. The first-order chi connectivity index (χ1) is 9.21. The predicted molar refractivity (Wildman–Crippen MR) is 74.4 cm³/mol. The number of aryl methyl sites for hydroxylation is 1. The summed E-state index contributed by atoms with van der Waals surface area (Å²) in [7, 11) is 1.51. The Hall–Kier alpha value is -2.28. The number of rotatable bonds is 4. The number of benzene rings is 1. The summed E-state index contributed by atoms with van der Waals surface area (Å²) < 4.78 is 5.16. The lowest BCUT2D eigenvalue weighted by molar-refractivity contribution is 0.414. The maximum absolute atomic E-state index is 11.7. The summed E-state index contributed by atoms with van der Waals surface area (Å²) in [5.41, 5.74) is 1.76. The van der Waals surface area contributed by atoms with Crippen LogP contribution in [-0.4, -0.2) is 12.1 Å². The van der Waals surface area contributed by atoms with Gasteiger partial charge in [0.25, 0.3) is 0 Å². The molecule has 0 unspecified atom stereocenters. The molecule has 0 aliphatic rings. The first-order valence-electron chi connectivity index (χ1n) is 6.34. The Balaban J connectivity index is 2.74. The summed E-state index contributed by atoms with van der Waals surface area (Å²) in [5, 5.41) is 10.2. The van der Waals surface area contributed by atoms with Crippen LogP contribution in [0.15, 0.2) is 23.0 Å². The van der Waals surface area contributed by atoms with Crippen molar-refractivity contribution in [2.45, 2.75) is 26.2 Å². The molecule has 0 radical (unpaired) electrons. The summed E-state index contributed by atoms with van der Waals surface area (Å²) in [5.74, 6) is 0.485. The SMILES string of the molecule is CCCCc1cc(=O)[nH]c2c(C#N)c(OC)ccc12. The van der Waals surface area contributed by atoms with E-state index in [1.54, 1.807) is 12.1 Å². The molecular weight excluding hydrogens is 240 g/mol. The van der Waals surface area contributed by atoms with Crippen LogP contribution < -0.4 is 10.3 Å². The smallest absolute Gasteiger partial charge is 0.248 e. The summed E-state index contributed by atoms with van der Waals surface area (Å²) in [4.78, 5) is 14.5. The third kappa shape index (κ3) is 2.45. The zero-order valence-corrected chi connectivity index (χ0v) is 11.1. The lowest BCUT2D eigenvalue weighted by Crippen LogP contribution is -2.08. The van der Waals surface area contributed by atoms with Gasteiger partial charge in [-0.15, -0.1) is 0 Å². The van der Waals surface area contributed by atoms with Gasteiger partial charge in [0.05, 0.1) is 12.6 Å². The molecule has 1 aromatic heterocycles. The number of hydrogen-bond acceptors (Lipinski definition) is 3. The fraction of sp³-hybridized carbons (Fsp3) is 0.333. The van der Waals surface area contributed by atoms with Crippen LogP contribution in [0.25, 0.3) is 10.9 Å². The molecule has 0 saturated heterocycles. The zero-order valence-electron chi connectivity index (χ0n) is 11.1. The zero-order chi connectivity index (χ0) is 13.8. The molecule has 0 spiro atoms. The van der Waals surface area contributed by atoms with Gasteiger partial charge in [0.15, 0.2) is 0 Å². The quantitative estimate of drug-likeness (QED) is 0.914. The molecule has 0 atom stereocenters. The molecule has 0 bridgehead atoms. The highest BCUT2D eigenvalue weighted by molar-refractivity contribution is 5.89. The highest BCUT2D eigenvalue weighted by Gasteiger charge is 2.11. The second kappa shape index (κ2) is 5.57. The molecule has 1 N–H and O–H groups in total. The fourth-order valence-electron chi connectivity index (χ4n) is 2.23. The molecular formula is C15H16N2O2. The molecule has 2 aromatic rings. The van der Waals surface area contributed by atoms with Crippen LogP contribution in [0.3, 0.4) is 0 Å². The van der Waals surface area contributed by atoms with Gasteiger partial charge in [0.1, 0.15) is 17.4 Å². The van der Waals surface area contributed by atoms with E-state index >= 15 is 0 Å². The highest BCUT2D eigenvalue weighted by atomic mass is 16.5. The molecule has 2 rings (SSSR count). The maximum Gasteiger partial charge on any atom is 0.248 e. The molecule has 1 heterocycles. The molecule has 19 heavy (non-hydrogen) atoms. The summed E-state index contributed by atoms with van der Waals surface area (Å²) in [6.45, 7) is 2.11. The minimum absolute atomic E-state index is 0.177. The van der Waals surface area contributed by atoms with E-state index in [1.807, 2.05) is 6.07 Å². The van der Waals surface area contributed by atoms with E-state index in [4.69, 9.17) is 4.74 Å². The number of nitrogens with zero attached hydrogens (tertiary/aromatic N) is 1. The first kappa shape index (κ1) is 13.2. The minimum Gasteiger partial charge on any atom is -0.495 e. The van der Waals surface area contributed by atoms with Crippen molar-refractivity contribution in [2.24, 2.45) is 0 Å². The fourth-order valence-corrected chi connectivity index (χ4v) is 2.23.